The third kappa shape index (κ3) is 6.18. The Morgan fingerprint density at radius 3 is 2.44 bits per heavy atom. The molecule has 2 aromatic carbocycles. The van der Waals surface area contributed by atoms with Gasteiger partial charge in [0.1, 0.15) is 5.75 Å². The van der Waals surface area contributed by atoms with Gasteiger partial charge < -0.3 is 20.1 Å². The van der Waals surface area contributed by atoms with Crippen LogP contribution in [0.2, 0.25) is 0 Å². The first kappa shape index (κ1) is 18.3. The van der Waals surface area contributed by atoms with Gasteiger partial charge in [0, 0.05) is 25.8 Å². The number of benzene rings is 2. The molecule has 0 unspecified atom stereocenters. The second kappa shape index (κ2) is 9.32. The summed E-state index contributed by atoms with van der Waals surface area (Å²) >= 11 is 0. The number of phenols is 1. The van der Waals surface area contributed by atoms with E-state index in [0.717, 1.165) is 18.7 Å². The van der Waals surface area contributed by atoms with E-state index in [4.69, 9.17) is 9.84 Å². The normalized spacial score (nSPS) is 10.1. The molecule has 0 aliphatic heterocycles. The minimum absolute atomic E-state index is 0.0646. The van der Waals surface area contributed by atoms with Crippen LogP contribution in [0.1, 0.15) is 16.8 Å². The summed E-state index contributed by atoms with van der Waals surface area (Å²) in [5.41, 5.74) is 1.41. The monoisotopic (exact) mass is 342 g/mol. The van der Waals surface area contributed by atoms with Crippen LogP contribution in [0, 0.1) is 0 Å². The second-order valence-corrected chi connectivity index (χ2v) is 5.58. The molecule has 0 spiro atoms. The van der Waals surface area contributed by atoms with E-state index >= 15 is 0 Å². The van der Waals surface area contributed by atoms with Gasteiger partial charge in [0.05, 0.1) is 5.56 Å². The number of anilines is 1. The lowest BCUT2D eigenvalue weighted by molar-refractivity contribution is -0.124. The number of hydrogen-bond donors (Lipinski definition) is 2. The molecule has 0 fully saturated rings. The Balaban J connectivity index is 1.62. The Kier molecular flexibility index (Phi) is 6.83. The topological polar surface area (TPSA) is 78.9 Å². The highest BCUT2D eigenvalue weighted by atomic mass is 16.5. The van der Waals surface area contributed by atoms with Crippen molar-refractivity contribution in [2.45, 2.75) is 6.42 Å². The lowest BCUT2D eigenvalue weighted by atomic mass is 10.2. The molecular weight excluding hydrogens is 320 g/mol. The van der Waals surface area contributed by atoms with Crippen molar-refractivity contribution in [3.63, 3.8) is 0 Å². The van der Waals surface area contributed by atoms with E-state index in [9.17, 15) is 9.59 Å². The number of phenolic OH excluding ortho intramolecular Hbond substituents is 1. The lowest BCUT2D eigenvalue weighted by Gasteiger charge is -2.19. The van der Waals surface area contributed by atoms with Gasteiger partial charge in [0.25, 0.3) is 5.91 Å². The molecule has 2 rings (SSSR count). The van der Waals surface area contributed by atoms with Crippen molar-refractivity contribution in [3.8, 4) is 5.75 Å². The molecule has 6 nitrogen and oxygen atoms in total. The maximum atomic E-state index is 11.7. The first-order valence-electron chi connectivity index (χ1n) is 8.05. The number of nitrogens with zero attached hydrogens (tertiary/aromatic N) is 1. The number of amides is 1. The van der Waals surface area contributed by atoms with Crippen LogP contribution in [-0.2, 0) is 9.53 Å². The second-order valence-electron chi connectivity index (χ2n) is 5.58. The zero-order valence-corrected chi connectivity index (χ0v) is 14.1. The van der Waals surface area contributed by atoms with E-state index in [2.05, 4.69) is 10.2 Å². The number of para-hydroxylation sites is 1. The molecule has 132 valence electrons. The van der Waals surface area contributed by atoms with Crippen molar-refractivity contribution >= 4 is 17.6 Å². The highest BCUT2D eigenvalue weighted by Crippen LogP contribution is 2.11. The molecule has 0 atom stereocenters. The van der Waals surface area contributed by atoms with Crippen molar-refractivity contribution in [2.75, 3.05) is 31.6 Å². The Morgan fingerprint density at radius 2 is 1.76 bits per heavy atom. The number of rotatable bonds is 8. The summed E-state index contributed by atoms with van der Waals surface area (Å²) in [7, 11) is 2.00. The van der Waals surface area contributed by atoms with Crippen LogP contribution in [0.25, 0.3) is 0 Å². The summed E-state index contributed by atoms with van der Waals surface area (Å²) in [5.74, 6) is -0.872. The number of aromatic hydroxyl groups is 1. The number of carbonyl (C=O) groups is 2. The molecule has 0 aliphatic carbocycles. The lowest BCUT2D eigenvalue weighted by Crippen LogP contribution is -2.31. The van der Waals surface area contributed by atoms with Crippen molar-refractivity contribution in [1.82, 2.24) is 5.32 Å². The van der Waals surface area contributed by atoms with E-state index in [1.807, 2.05) is 37.4 Å². The number of carbonyl (C=O) groups excluding carboxylic acids is 2. The molecular formula is C19H22N2O4. The van der Waals surface area contributed by atoms with Crippen LogP contribution in [0.4, 0.5) is 5.69 Å². The highest BCUT2D eigenvalue weighted by molar-refractivity contribution is 5.91. The van der Waals surface area contributed by atoms with Crippen molar-refractivity contribution < 1.29 is 19.4 Å². The van der Waals surface area contributed by atoms with Crippen LogP contribution in [0.5, 0.6) is 5.75 Å². The zero-order valence-electron chi connectivity index (χ0n) is 14.1. The average Bonchev–Trinajstić information content (AvgIpc) is 2.64. The summed E-state index contributed by atoms with van der Waals surface area (Å²) in [6.45, 7) is 0.985. The molecule has 0 radical (unpaired) electrons. The minimum atomic E-state index is -0.598. The molecule has 1 amide bonds. The Labute approximate surface area is 147 Å². The largest absolute Gasteiger partial charge is 0.508 e. The predicted octanol–water partition coefficient (Wildman–Crippen LogP) is 2.19. The van der Waals surface area contributed by atoms with Gasteiger partial charge >= 0.3 is 5.97 Å². The van der Waals surface area contributed by atoms with Gasteiger partial charge in [-0.05, 0) is 42.8 Å². The van der Waals surface area contributed by atoms with Gasteiger partial charge in [0.15, 0.2) is 6.61 Å². The van der Waals surface area contributed by atoms with E-state index in [-0.39, 0.29) is 23.8 Å². The molecule has 0 heterocycles. The molecule has 0 aromatic heterocycles. The fraction of sp³-hybridized carbons (Fsp3) is 0.263. The van der Waals surface area contributed by atoms with Gasteiger partial charge in [0.2, 0.25) is 0 Å². The molecule has 0 saturated carbocycles. The molecule has 2 N–H and O–H groups in total. The van der Waals surface area contributed by atoms with Crippen LogP contribution in [0.15, 0.2) is 54.6 Å². The smallest absolute Gasteiger partial charge is 0.338 e. The summed E-state index contributed by atoms with van der Waals surface area (Å²) in [5, 5.41) is 11.9. The molecule has 0 bridgehead atoms. The predicted molar refractivity (Wildman–Crippen MR) is 95.7 cm³/mol. The molecule has 0 aliphatic rings. The number of ether oxygens (including phenoxy) is 1. The van der Waals surface area contributed by atoms with Gasteiger partial charge in [-0.2, -0.15) is 0 Å². The van der Waals surface area contributed by atoms with Gasteiger partial charge in [-0.25, -0.2) is 4.79 Å². The van der Waals surface area contributed by atoms with Crippen LogP contribution in [-0.4, -0.2) is 43.7 Å². The zero-order chi connectivity index (χ0) is 18.1. The first-order valence-corrected chi connectivity index (χ1v) is 8.05. The highest BCUT2D eigenvalue weighted by Gasteiger charge is 2.10. The third-order valence-corrected chi connectivity index (χ3v) is 3.63. The maximum Gasteiger partial charge on any atom is 0.338 e. The molecule has 2 aromatic rings. The van der Waals surface area contributed by atoms with E-state index in [1.54, 1.807) is 0 Å². The fourth-order valence-electron chi connectivity index (χ4n) is 2.22. The molecule has 0 saturated heterocycles. The summed E-state index contributed by atoms with van der Waals surface area (Å²) < 4.78 is 4.93. The first-order chi connectivity index (χ1) is 12.1. The number of nitrogens with one attached hydrogen (secondary N) is 1. The van der Waals surface area contributed by atoms with Crippen molar-refractivity contribution in [2.24, 2.45) is 0 Å². The Bertz CT molecular complexity index is 686. The molecule has 25 heavy (non-hydrogen) atoms. The fourth-order valence-corrected chi connectivity index (χ4v) is 2.22. The quantitative estimate of drug-likeness (QED) is 0.568. The SMILES string of the molecule is CN(CCCNC(=O)COC(=O)c1ccc(O)cc1)c1ccccc1. The summed E-state index contributed by atoms with van der Waals surface area (Å²) in [4.78, 5) is 25.6. The Hall–Kier alpha value is -3.02. The van der Waals surface area contributed by atoms with E-state index in [1.165, 1.54) is 24.3 Å². The van der Waals surface area contributed by atoms with Crippen LogP contribution >= 0.6 is 0 Å². The van der Waals surface area contributed by atoms with Crippen LogP contribution < -0.4 is 10.2 Å². The standard InChI is InChI=1S/C19H22N2O4/c1-21(16-6-3-2-4-7-16)13-5-12-20-18(23)14-25-19(24)15-8-10-17(22)11-9-15/h2-4,6-11,22H,5,12-14H2,1H3,(H,20,23). The van der Waals surface area contributed by atoms with Gasteiger partial charge in [-0.3, -0.25) is 4.79 Å². The van der Waals surface area contributed by atoms with Gasteiger partial charge in [-0.1, -0.05) is 18.2 Å². The van der Waals surface area contributed by atoms with E-state index < -0.39 is 5.97 Å². The summed E-state index contributed by atoms with van der Waals surface area (Å²) in [6, 6.07) is 15.6. The van der Waals surface area contributed by atoms with Crippen molar-refractivity contribution in [1.29, 1.82) is 0 Å². The van der Waals surface area contributed by atoms with Crippen molar-refractivity contribution in [3.05, 3.63) is 60.2 Å². The van der Waals surface area contributed by atoms with Crippen LogP contribution in [0.3, 0.4) is 0 Å². The van der Waals surface area contributed by atoms with E-state index in [0.29, 0.717) is 6.54 Å². The Morgan fingerprint density at radius 1 is 1.08 bits per heavy atom. The average molecular weight is 342 g/mol. The third-order valence-electron chi connectivity index (χ3n) is 3.63. The molecule has 6 heteroatoms. The number of esters is 1. The number of hydrogen-bond acceptors (Lipinski definition) is 5. The maximum absolute atomic E-state index is 11.7. The minimum Gasteiger partial charge on any atom is -0.508 e. The van der Waals surface area contributed by atoms with Gasteiger partial charge in [-0.15, -0.1) is 0 Å². The summed E-state index contributed by atoms with van der Waals surface area (Å²) in [6.07, 6.45) is 0.781.